The van der Waals surface area contributed by atoms with Crippen LogP contribution in [0.15, 0.2) is 23.8 Å². The van der Waals surface area contributed by atoms with Gasteiger partial charge in [0, 0.05) is 44.4 Å². The fourth-order valence-corrected chi connectivity index (χ4v) is 10.2. The lowest BCUT2D eigenvalue weighted by atomic mass is 9.46. The first-order chi connectivity index (χ1) is 17.5. The van der Waals surface area contributed by atoms with Crippen LogP contribution in [0.25, 0.3) is 0 Å². The number of fused-ring (bicyclic) bond motifs is 7. The molecule has 204 valence electrons. The molecular formula is C31H44O6. The van der Waals surface area contributed by atoms with E-state index in [0.717, 1.165) is 38.5 Å². The van der Waals surface area contributed by atoms with Crippen molar-refractivity contribution in [3.63, 3.8) is 0 Å². The minimum atomic E-state index is -0.442. The largest absolute Gasteiger partial charge is 0.462 e. The van der Waals surface area contributed by atoms with Gasteiger partial charge in [-0.05, 0) is 61.2 Å². The fourth-order valence-electron chi connectivity index (χ4n) is 10.2. The van der Waals surface area contributed by atoms with Gasteiger partial charge < -0.3 is 18.9 Å². The first kappa shape index (κ1) is 25.6. The van der Waals surface area contributed by atoms with Crippen LogP contribution in [0.2, 0.25) is 0 Å². The third-order valence-electron chi connectivity index (χ3n) is 11.8. The number of ether oxygens (including phenoxy) is 4. The summed E-state index contributed by atoms with van der Waals surface area (Å²) in [6, 6.07) is 0. The Morgan fingerprint density at radius 2 is 1.84 bits per heavy atom. The van der Waals surface area contributed by atoms with Crippen molar-refractivity contribution in [1.82, 2.24) is 0 Å². The molecule has 37 heavy (non-hydrogen) atoms. The maximum Gasteiger partial charge on any atom is 0.302 e. The minimum Gasteiger partial charge on any atom is -0.462 e. The number of rotatable bonds is 2. The Morgan fingerprint density at radius 1 is 1.08 bits per heavy atom. The van der Waals surface area contributed by atoms with Gasteiger partial charge in [0.1, 0.15) is 12.2 Å². The fraction of sp³-hybridized carbons (Fsp3) is 0.806. The highest BCUT2D eigenvalue weighted by molar-refractivity contribution is 5.67. The SMILES string of the molecule is C=C1CC[C@@]2(OC1)O[C@H]1C[C@@H]3[C@@H]4CC=C5C[C@@H](OC(C)=O)C[C@@H](OC(C)=O)[C@]5(C)[C@@H]4CC[C@]3(C)[C@H]1[C@@H]2C. The van der Waals surface area contributed by atoms with Crippen molar-refractivity contribution in [2.45, 2.75) is 110 Å². The van der Waals surface area contributed by atoms with Gasteiger partial charge in [-0.2, -0.15) is 0 Å². The normalized spacial score (nSPS) is 50.4. The van der Waals surface area contributed by atoms with Gasteiger partial charge in [0.05, 0.1) is 12.7 Å². The summed E-state index contributed by atoms with van der Waals surface area (Å²) in [4.78, 5) is 23.9. The second-order valence-electron chi connectivity index (χ2n) is 13.5. The van der Waals surface area contributed by atoms with E-state index in [1.54, 1.807) is 0 Å². The molecule has 6 rings (SSSR count). The van der Waals surface area contributed by atoms with E-state index < -0.39 is 5.79 Å². The number of esters is 2. The monoisotopic (exact) mass is 512 g/mol. The van der Waals surface area contributed by atoms with Gasteiger partial charge in [0.15, 0.2) is 5.79 Å². The van der Waals surface area contributed by atoms with Crippen LogP contribution >= 0.6 is 0 Å². The van der Waals surface area contributed by atoms with Crippen LogP contribution in [0.1, 0.15) is 86.0 Å². The van der Waals surface area contributed by atoms with Crippen LogP contribution in [0.5, 0.6) is 0 Å². The van der Waals surface area contributed by atoms with Crippen LogP contribution in [0.3, 0.4) is 0 Å². The van der Waals surface area contributed by atoms with Crippen molar-refractivity contribution >= 4 is 11.9 Å². The third kappa shape index (κ3) is 3.71. The molecule has 6 heteroatoms. The van der Waals surface area contributed by atoms with Crippen LogP contribution in [-0.2, 0) is 28.5 Å². The summed E-state index contributed by atoms with van der Waals surface area (Å²) < 4.78 is 24.9. The van der Waals surface area contributed by atoms with E-state index in [1.807, 2.05) is 0 Å². The minimum absolute atomic E-state index is 0.217. The molecular weight excluding hydrogens is 468 g/mol. The highest BCUT2D eigenvalue weighted by Crippen LogP contribution is 2.70. The summed E-state index contributed by atoms with van der Waals surface area (Å²) in [5.41, 5.74) is 2.50. The smallest absolute Gasteiger partial charge is 0.302 e. The summed E-state index contributed by atoms with van der Waals surface area (Å²) in [5, 5.41) is 0. The average molecular weight is 513 g/mol. The van der Waals surface area contributed by atoms with Crippen molar-refractivity contribution in [3.05, 3.63) is 23.8 Å². The summed E-state index contributed by atoms with van der Waals surface area (Å²) >= 11 is 0. The quantitative estimate of drug-likeness (QED) is 0.347. The maximum atomic E-state index is 12.2. The van der Waals surface area contributed by atoms with Gasteiger partial charge >= 0.3 is 11.9 Å². The Morgan fingerprint density at radius 3 is 2.51 bits per heavy atom. The predicted molar refractivity (Wildman–Crippen MR) is 138 cm³/mol. The number of hydrogen-bond donors (Lipinski definition) is 0. The molecule has 4 aliphatic carbocycles. The lowest BCUT2D eigenvalue weighted by molar-refractivity contribution is -0.255. The first-order valence-corrected chi connectivity index (χ1v) is 14.5. The zero-order chi connectivity index (χ0) is 26.3. The van der Waals surface area contributed by atoms with Crippen molar-refractivity contribution in [2.75, 3.05) is 6.61 Å². The molecule has 2 aliphatic heterocycles. The number of carbonyl (C=O) groups is 2. The Balaban J connectivity index is 1.29. The lowest BCUT2D eigenvalue weighted by Crippen LogP contribution is -2.57. The summed E-state index contributed by atoms with van der Waals surface area (Å²) in [6.07, 6.45) is 9.83. The molecule has 0 unspecified atom stereocenters. The molecule has 2 saturated heterocycles. The van der Waals surface area contributed by atoms with E-state index in [1.165, 1.54) is 31.4 Å². The number of carbonyl (C=O) groups excluding carboxylic acids is 2. The topological polar surface area (TPSA) is 71.1 Å². The van der Waals surface area contributed by atoms with E-state index in [2.05, 4.69) is 33.4 Å². The standard InChI is InChI=1S/C31H44O6/c1-17-9-12-31(34-16-17)18(2)28-26(37-31)15-25-23-8-7-21-13-22(35-19(3)32)14-27(36-20(4)33)30(21,6)24(23)10-11-29(25,28)5/h7,18,22-28H,1,8-16H2,2-6H3/t18-,22+,23+,24+,25+,26-,27+,28-,29-,30-,31+/m0/s1. The molecule has 0 aromatic rings. The molecule has 0 aromatic carbocycles. The third-order valence-corrected chi connectivity index (χ3v) is 11.8. The molecule has 5 fully saturated rings. The number of hydrogen-bond acceptors (Lipinski definition) is 6. The van der Waals surface area contributed by atoms with Gasteiger partial charge in [-0.15, -0.1) is 0 Å². The van der Waals surface area contributed by atoms with Crippen LogP contribution in [-0.4, -0.2) is 42.6 Å². The lowest BCUT2D eigenvalue weighted by Gasteiger charge is -2.60. The molecule has 0 N–H and O–H groups in total. The predicted octanol–water partition coefficient (Wildman–Crippen LogP) is 5.75. The molecule has 11 atom stereocenters. The van der Waals surface area contributed by atoms with Gasteiger partial charge in [-0.1, -0.05) is 44.6 Å². The molecule has 0 aromatic heterocycles. The molecule has 6 nitrogen and oxygen atoms in total. The summed E-state index contributed by atoms with van der Waals surface area (Å²) in [7, 11) is 0. The second kappa shape index (κ2) is 8.67. The zero-order valence-electron chi connectivity index (χ0n) is 23.2. The summed E-state index contributed by atoms with van der Waals surface area (Å²) in [6.45, 7) is 14.9. The molecule has 6 aliphatic rings. The van der Waals surface area contributed by atoms with Gasteiger partial charge in [0.2, 0.25) is 0 Å². The first-order valence-electron chi connectivity index (χ1n) is 14.5. The second-order valence-corrected chi connectivity index (χ2v) is 13.5. The van der Waals surface area contributed by atoms with Crippen molar-refractivity contribution in [3.8, 4) is 0 Å². The molecule has 1 spiro atoms. The van der Waals surface area contributed by atoms with E-state index in [4.69, 9.17) is 18.9 Å². The van der Waals surface area contributed by atoms with Crippen LogP contribution in [0, 0.1) is 40.4 Å². The van der Waals surface area contributed by atoms with Crippen molar-refractivity contribution in [1.29, 1.82) is 0 Å². The number of allylic oxidation sites excluding steroid dienone is 1. The van der Waals surface area contributed by atoms with Crippen molar-refractivity contribution in [2.24, 2.45) is 40.4 Å². The van der Waals surface area contributed by atoms with E-state index in [0.29, 0.717) is 42.6 Å². The highest BCUT2D eigenvalue weighted by atomic mass is 16.7. The van der Waals surface area contributed by atoms with Gasteiger partial charge in [-0.3, -0.25) is 9.59 Å². The molecule has 0 amide bonds. The molecule has 0 bridgehead atoms. The van der Waals surface area contributed by atoms with Gasteiger partial charge in [0.25, 0.3) is 0 Å². The van der Waals surface area contributed by atoms with E-state index in [9.17, 15) is 9.59 Å². The van der Waals surface area contributed by atoms with E-state index in [-0.39, 0.29) is 41.1 Å². The van der Waals surface area contributed by atoms with Gasteiger partial charge in [-0.25, -0.2) is 0 Å². The van der Waals surface area contributed by atoms with Crippen LogP contribution in [0.4, 0.5) is 0 Å². The van der Waals surface area contributed by atoms with E-state index >= 15 is 0 Å². The molecule has 0 radical (unpaired) electrons. The highest BCUT2D eigenvalue weighted by Gasteiger charge is 2.69. The van der Waals surface area contributed by atoms with Crippen LogP contribution < -0.4 is 0 Å². The Bertz CT molecular complexity index is 1020. The average Bonchev–Trinajstić information content (AvgIpc) is 3.26. The maximum absolute atomic E-state index is 12.2. The Labute approximate surface area is 221 Å². The zero-order valence-corrected chi connectivity index (χ0v) is 23.2. The molecule has 2 heterocycles. The van der Waals surface area contributed by atoms with Crippen molar-refractivity contribution < 1.29 is 28.5 Å². The Kier molecular flexibility index (Phi) is 6.00. The Hall–Kier alpha value is -1.66. The summed E-state index contributed by atoms with van der Waals surface area (Å²) in [5.74, 6) is 1.48. The molecule has 3 saturated carbocycles.